The van der Waals surface area contributed by atoms with Gasteiger partial charge in [-0.05, 0) is 70.4 Å². The fourth-order valence-electron chi connectivity index (χ4n) is 2.10. The van der Waals surface area contributed by atoms with E-state index < -0.39 is 0 Å². The van der Waals surface area contributed by atoms with Crippen molar-refractivity contribution in [1.82, 2.24) is 5.43 Å². The van der Waals surface area contributed by atoms with Crippen LogP contribution in [-0.2, 0) is 11.2 Å². The van der Waals surface area contributed by atoms with Gasteiger partial charge in [-0.15, -0.1) is 12.8 Å². The van der Waals surface area contributed by atoms with Crippen LogP contribution in [0.2, 0.25) is 5.02 Å². The van der Waals surface area contributed by atoms with Crippen LogP contribution in [0.25, 0.3) is 0 Å². The van der Waals surface area contributed by atoms with Crippen molar-refractivity contribution in [2.45, 2.75) is 60.9 Å². The van der Waals surface area contributed by atoms with E-state index in [-0.39, 0.29) is 5.78 Å². The van der Waals surface area contributed by atoms with Crippen LogP contribution < -0.4 is 17.0 Å². The van der Waals surface area contributed by atoms with Crippen LogP contribution >= 0.6 is 11.6 Å². The molecule has 0 aliphatic carbocycles. The van der Waals surface area contributed by atoms with E-state index in [4.69, 9.17) is 23.2 Å². The number of carbonyl (C=O) groups excluding carboxylic acids is 1. The van der Waals surface area contributed by atoms with Gasteiger partial charge in [0, 0.05) is 16.3 Å². The zero-order valence-corrected chi connectivity index (χ0v) is 19.4. The van der Waals surface area contributed by atoms with Gasteiger partial charge >= 0.3 is 0 Å². The number of nitrogens with two attached hydrogens (primary N) is 2. The van der Waals surface area contributed by atoms with Crippen molar-refractivity contribution in [3.8, 4) is 12.8 Å². The number of terminal acetylenes is 1. The van der Waals surface area contributed by atoms with Crippen molar-refractivity contribution in [3.63, 3.8) is 0 Å². The minimum absolute atomic E-state index is 0.0639. The van der Waals surface area contributed by atoms with Crippen molar-refractivity contribution >= 4 is 23.1 Å². The van der Waals surface area contributed by atoms with Crippen LogP contribution in [0.5, 0.6) is 0 Å². The fraction of sp³-hybridized carbons (Fsp3) is 0.391. The third-order valence-electron chi connectivity index (χ3n) is 3.63. The summed E-state index contributed by atoms with van der Waals surface area (Å²) >= 11 is 5.93. The monoisotopic (exact) mass is 418 g/mol. The van der Waals surface area contributed by atoms with Crippen LogP contribution in [0.3, 0.4) is 0 Å². The Balaban J connectivity index is 0. The van der Waals surface area contributed by atoms with E-state index in [9.17, 15) is 4.79 Å². The second-order valence-corrected chi connectivity index (χ2v) is 7.33. The molecule has 0 radical (unpaired) electrons. The summed E-state index contributed by atoms with van der Waals surface area (Å²) in [6, 6.07) is 8.08. The molecule has 29 heavy (non-hydrogen) atoms. The highest BCUT2D eigenvalue weighted by Gasteiger charge is 2.10. The quantitative estimate of drug-likeness (QED) is 0.207. The van der Waals surface area contributed by atoms with E-state index in [1.54, 1.807) is 6.92 Å². The number of rotatable bonds is 6. The average molecular weight is 419 g/mol. The van der Waals surface area contributed by atoms with Crippen LogP contribution in [-0.4, -0.2) is 17.5 Å². The molecule has 0 atom stereocenters. The van der Waals surface area contributed by atoms with E-state index in [1.165, 1.54) is 6.92 Å². The Labute approximate surface area is 181 Å². The van der Waals surface area contributed by atoms with Crippen LogP contribution in [0.1, 0.15) is 54.0 Å². The second kappa shape index (κ2) is 15.5. The van der Waals surface area contributed by atoms with E-state index in [1.807, 2.05) is 58.9 Å². The fourth-order valence-corrected chi connectivity index (χ4v) is 2.23. The first kappa shape index (κ1) is 28.8. The predicted octanol–water partition coefficient (Wildman–Crippen LogP) is 4.57. The summed E-state index contributed by atoms with van der Waals surface area (Å²) in [7, 11) is 0. The molecule has 1 aromatic carbocycles. The number of Topliss-reactive ketones (excluding diaryl/α,β-unsaturated/α-hetero) is 1. The molecule has 0 bridgehead atoms. The maximum Gasteiger partial charge on any atom is 0.159 e. The second-order valence-electron chi connectivity index (χ2n) is 6.90. The van der Waals surface area contributed by atoms with E-state index in [0.717, 1.165) is 28.8 Å². The predicted molar refractivity (Wildman–Crippen MR) is 127 cm³/mol. The van der Waals surface area contributed by atoms with Gasteiger partial charge in [-0.3, -0.25) is 4.79 Å². The van der Waals surface area contributed by atoms with Crippen molar-refractivity contribution < 1.29 is 4.79 Å². The number of allylic oxidation sites excluding steroid dienone is 3. The molecule has 1 aromatic rings. The van der Waals surface area contributed by atoms with Crippen molar-refractivity contribution in [1.29, 1.82) is 0 Å². The van der Waals surface area contributed by atoms with Gasteiger partial charge in [0.2, 0.25) is 0 Å². The van der Waals surface area contributed by atoms with Gasteiger partial charge < -0.3 is 11.2 Å². The maximum atomic E-state index is 11.5. The summed E-state index contributed by atoms with van der Waals surface area (Å²) in [5.41, 5.74) is 12.4. The number of aliphatic imine (C=N–C) groups is 1. The van der Waals surface area contributed by atoms with Crippen LogP contribution in [0.4, 0.5) is 0 Å². The number of benzene rings is 1. The topological polar surface area (TPSA) is 93.5 Å². The van der Waals surface area contributed by atoms with Gasteiger partial charge in [0.05, 0.1) is 0 Å². The number of nitrogens with zero attached hydrogens (tertiary/aromatic N) is 1. The Bertz CT molecular complexity index is 750. The van der Waals surface area contributed by atoms with Crippen LogP contribution in [0, 0.1) is 12.8 Å². The number of nitrogens with one attached hydrogen (secondary N) is 1. The summed E-state index contributed by atoms with van der Waals surface area (Å²) in [6.45, 7) is 13.1. The molecule has 0 spiro atoms. The maximum absolute atomic E-state index is 11.5. The highest BCUT2D eigenvalue weighted by atomic mass is 35.5. The molecule has 160 valence electrons. The molecule has 0 aliphatic heterocycles. The molecule has 0 saturated heterocycles. The number of hydrazine groups is 1. The number of halogens is 1. The molecule has 0 aromatic heterocycles. The van der Waals surface area contributed by atoms with Crippen LogP contribution in [0.15, 0.2) is 51.8 Å². The summed E-state index contributed by atoms with van der Waals surface area (Å²) in [6.07, 6.45) is 8.74. The Morgan fingerprint density at radius 2 is 1.55 bits per heavy atom. The number of hydrogen-bond donors (Lipinski definition) is 3. The Morgan fingerprint density at radius 3 is 1.90 bits per heavy atom. The van der Waals surface area contributed by atoms with E-state index in [0.29, 0.717) is 22.5 Å². The number of ketones is 1. The minimum atomic E-state index is -0.0639. The van der Waals surface area contributed by atoms with Gasteiger partial charge in [-0.25, -0.2) is 10.8 Å². The lowest BCUT2D eigenvalue weighted by molar-refractivity contribution is -0.113. The van der Waals surface area contributed by atoms with Gasteiger partial charge in [0.25, 0.3) is 0 Å². The summed E-state index contributed by atoms with van der Waals surface area (Å²) in [5, 5.41) is 0.715. The highest BCUT2D eigenvalue weighted by molar-refractivity contribution is 6.30. The van der Waals surface area contributed by atoms with Crippen molar-refractivity contribution in [2.24, 2.45) is 16.6 Å². The molecule has 6 heteroatoms. The third-order valence-corrected chi connectivity index (χ3v) is 3.89. The summed E-state index contributed by atoms with van der Waals surface area (Å²) in [5.74, 6) is 5.84. The first-order chi connectivity index (χ1) is 13.5. The molecule has 0 unspecified atom stereocenters. The molecular formula is C23H35ClN4O. The Morgan fingerprint density at radius 1 is 1.10 bits per heavy atom. The zero-order valence-electron chi connectivity index (χ0n) is 18.6. The smallest absolute Gasteiger partial charge is 0.159 e. The lowest BCUT2D eigenvalue weighted by atomic mass is 9.98. The zero-order chi connectivity index (χ0) is 23.1. The van der Waals surface area contributed by atoms with E-state index in [2.05, 4.69) is 23.3 Å². The van der Waals surface area contributed by atoms with E-state index >= 15 is 0 Å². The highest BCUT2D eigenvalue weighted by Crippen LogP contribution is 2.18. The van der Waals surface area contributed by atoms with Crippen molar-refractivity contribution in [2.75, 3.05) is 0 Å². The standard InChI is InChI=1S/C18H24ClN3O.C3H9N.C2H2/c1-11(2)17(10-15-6-8-16(19)9-7-15)13(4)21-18(22-20)12(3)14(5)23;1-3(2)4;1-2/h6-9,22H,10,20H2,1-5H3;3H,4H2,1-2H3;1-2H/b18-12+,21-13-;;. The summed E-state index contributed by atoms with van der Waals surface area (Å²) < 4.78 is 0. The first-order valence-electron chi connectivity index (χ1n) is 9.23. The van der Waals surface area contributed by atoms with Crippen molar-refractivity contribution in [3.05, 3.63) is 57.4 Å². The lowest BCUT2D eigenvalue weighted by Gasteiger charge is -2.12. The molecule has 0 aliphatic rings. The van der Waals surface area contributed by atoms with Gasteiger partial charge in [-0.1, -0.05) is 43.2 Å². The SMILES string of the molecule is C#C.CC(=O)/C(C)=C(\N=C(\C)C(Cc1ccc(Cl)cc1)=C(C)C)NN.CC(C)N. The number of carbonyl (C=O) groups is 1. The largest absolute Gasteiger partial charge is 0.328 e. The third kappa shape index (κ3) is 12.6. The molecule has 5 nitrogen and oxygen atoms in total. The number of hydrogen-bond acceptors (Lipinski definition) is 5. The minimum Gasteiger partial charge on any atom is -0.328 e. The molecule has 1 rings (SSSR count). The Kier molecular flexibility index (Phi) is 15.4. The summed E-state index contributed by atoms with van der Waals surface area (Å²) in [4.78, 5) is 16.0. The first-order valence-corrected chi connectivity index (χ1v) is 9.61. The molecule has 0 saturated carbocycles. The Hall–Kier alpha value is -2.39. The van der Waals surface area contributed by atoms with Gasteiger partial charge in [0.15, 0.2) is 5.78 Å². The lowest BCUT2D eigenvalue weighted by Crippen LogP contribution is -2.23. The molecular weight excluding hydrogens is 384 g/mol. The molecule has 0 amide bonds. The molecule has 0 heterocycles. The molecule has 0 fully saturated rings. The average Bonchev–Trinajstić information content (AvgIpc) is 2.65. The van der Waals surface area contributed by atoms with Gasteiger partial charge in [0.1, 0.15) is 5.82 Å². The van der Waals surface area contributed by atoms with Gasteiger partial charge in [-0.2, -0.15) is 0 Å². The molecule has 5 N–H and O–H groups in total. The normalized spacial score (nSPS) is 11.3.